The van der Waals surface area contributed by atoms with E-state index in [2.05, 4.69) is 0 Å². The summed E-state index contributed by atoms with van der Waals surface area (Å²) in [5, 5.41) is 1.73. The molecule has 0 saturated heterocycles. The van der Waals surface area contributed by atoms with Gasteiger partial charge in [-0.25, -0.2) is 13.2 Å². The van der Waals surface area contributed by atoms with E-state index in [1.54, 1.807) is 36.4 Å². The number of rotatable bonds is 3. The number of carbonyl (C=O) groups excluding carboxylic acids is 1. The van der Waals surface area contributed by atoms with Crippen LogP contribution in [0.2, 0.25) is 0 Å². The average Bonchev–Trinajstić information content (AvgIpc) is 2.99. The molecular weight excluding hydrogens is 390 g/mol. The van der Waals surface area contributed by atoms with Gasteiger partial charge in [-0.3, -0.25) is 4.79 Å². The Kier molecular flexibility index (Phi) is 4.62. The number of anilines is 1. The predicted octanol–water partition coefficient (Wildman–Crippen LogP) is 3.37. The third-order valence-electron chi connectivity index (χ3n) is 4.82. The first-order valence-corrected chi connectivity index (χ1v) is 10.8. The second-order valence-corrected chi connectivity index (χ2v) is 9.16. The number of amides is 1. The molecule has 1 aromatic heterocycles. The summed E-state index contributed by atoms with van der Waals surface area (Å²) in [7, 11) is -3.41. The Balaban J connectivity index is 1.87. The van der Waals surface area contributed by atoms with E-state index < -0.39 is 27.4 Å². The van der Waals surface area contributed by atoms with Crippen molar-refractivity contribution < 1.29 is 17.6 Å². The lowest BCUT2D eigenvalue weighted by atomic mass is 10.1. The third kappa shape index (κ3) is 3.73. The van der Waals surface area contributed by atoms with E-state index in [4.69, 9.17) is 4.42 Å². The van der Waals surface area contributed by atoms with Crippen molar-refractivity contribution in [2.75, 3.05) is 10.7 Å². The van der Waals surface area contributed by atoms with E-state index in [0.29, 0.717) is 16.7 Å². The lowest BCUT2D eigenvalue weighted by molar-refractivity contribution is 0.0979. The molecule has 7 heteroatoms. The molecule has 1 aliphatic rings. The van der Waals surface area contributed by atoms with Crippen molar-refractivity contribution in [2.45, 2.75) is 19.9 Å². The van der Waals surface area contributed by atoms with Crippen LogP contribution in [0.5, 0.6) is 0 Å². The number of nitrogens with zero attached hydrogens (tertiary/aromatic N) is 1. The maximum absolute atomic E-state index is 13.5. The van der Waals surface area contributed by atoms with Crippen molar-refractivity contribution in [3.05, 3.63) is 87.1 Å². The summed E-state index contributed by atoms with van der Waals surface area (Å²) in [5.74, 6) is -0.828. The molecule has 0 spiro atoms. The van der Waals surface area contributed by atoms with Crippen LogP contribution in [0.1, 0.15) is 21.5 Å². The van der Waals surface area contributed by atoms with Crippen molar-refractivity contribution in [2.24, 2.45) is 0 Å². The summed E-state index contributed by atoms with van der Waals surface area (Å²) < 4.78 is 29.3. The van der Waals surface area contributed by atoms with Crippen LogP contribution in [0.15, 0.2) is 69.2 Å². The van der Waals surface area contributed by atoms with Gasteiger partial charge in [-0.1, -0.05) is 24.3 Å². The lowest BCUT2D eigenvalue weighted by Crippen LogP contribution is -2.43. The fourth-order valence-electron chi connectivity index (χ4n) is 3.61. The Hall–Kier alpha value is -3.19. The molecule has 148 valence electrons. The van der Waals surface area contributed by atoms with Crippen LogP contribution in [0.25, 0.3) is 11.0 Å². The molecule has 0 saturated carbocycles. The second-order valence-electron chi connectivity index (χ2n) is 7.23. The number of hydrogen-bond acceptors (Lipinski definition) is 5. The minimum atomic E-state index is -3.41. The fourth-order valence-corrected chi connectivity index (χ4v) is 4.88. The van der Waals surface area contributed by atoms with Gasteiger partial charge in [0.15, 0.2) is 9.84 Å². The topological polar surface area (TPSA) is 84.7 Å². The molecule has 6 nitrogen and oxygen atoms in total. The van der Waals surface area contributed by atoms with Gasteiger partial charge in [0.05, 0.1) is 11.8 Å². The maximum atomic E-state index is 13.5. The summed E-state index contributed by atoms with van der Waals surface area (Å²) in [4.78, 5) is 27.4. The van der Waals surface area contributed by atoms with Gasteiger partial charge in [0, 0.05) is 16.5 Å². The molecule has 0 unspecified atom stereocenters. The number of sulfone groups is 1. The highest BCUT2D eigenvalue weighted by molar-refractivity contribution is 7.94. The smallest absolute Gasteiger partial charge is 0.349 e. The molecular formula is C22H19NO5S. The van der Waals surface area contributed by atoms with E-state index in [0.717, 1.165) is 16.5 Å². The number of para-hydroxylation sites is 1. The Labute approximate surface area is 168 Å². The Bertz CT molecular complexity index is 1300. The number of hydrogen-bond donors (Lipinski definition) is 0. The van der Waals surface area contributed by atoms with Gasteiger partial charge in [0.1, 0.15) is 11.1 Å². The van der Waals surface area contributed by atoms with Crippen molar-refractivity contribution in [3.63, 3.8) is 0 Å². The van der Waals surface area contributed by atoms with E-state index in [9.17, 15) is 18.0 Å². The normalized spacial score (nSPS) is 17.5. The molecule has 3 aromatic rings. The average molecular weight is 409 g/mol. The molecule has 4 rings (SSSR count). The van der Waals surface area contributed by atoms with Gasteiger partial charge < -0.3 is 9.32 Å². The number of carbonyl (C=O) groups is 1. The minimum absolute atomic E-state index is 0.138. The summed E-state index contributed by atoms with van der Waals surface area (Å²) in [6.45, 7) is 3.79. The van der Waals surface area contributed by atoms with Crippen LogP contribution in [0.4, 0.5) is 5.69 Å². The highest BCUT2D eigenvalue weighted by atomic mass is 32.2. The molecule has 1 atom stereocenters. The Morgan fingerprint density at radius 1 is 1.07 bits per heavy atom. The molecule has 2 heterocycles. The molecule has 1 amide bonds. The number of aryl methyl sites for hydroxylation is 2. The summed E-state index contributed by atoms with van der Waals surface area (Å²) in [6.07, 6.45) is 1.48. The zero-order valence-electron chi connectivity index (χ0n) is 16.0. The Morgan fingerprint density at radius 3 is 2.41 bits per heavy atom. The number of fused-ring (bicyclic) bond motifs is 1. The van der Waals surface area contributed by atoms with Crippen LogP contribution in [-0.4, -0.2) is 26.1 Å². The third-order valence-corrected chi connectivity index (χ3v) is 6.20. The SMILES string of the molecule is Cc1cc(C)cc(N(C(=O)c2cc3ccccc3oc2=O)[C@H]2C=CS(=O)(=O)C2)c1. The molecule has 0 radical (unpaired) electrons. The van der Waals surface area contributed by atoms with Gasteiger partial charge in [-0.05, 0) is 55.3 Å². The maximum Gasteiger partial charge on any atom is 0.349 e. The molecule has 0 bridgehead atoms. The largest absolute Gasteiger partial charge is 0.422 e. The van der Waals surface area contributed by atoms with Gasteiger partial charge in [0.2, 0.25) is 0 Å². The van der Waals surface area contributed by atoms with Crippen molar-refractivity contribution in [1.82, 2.24) is 0 Å². The van der Waals surface area contributed by atoms with Crippen LogP contribution in [0.3, 0.4) is 0 Å². The van der Waals surface area contributed by atoms with E-state index in [1.807, 2.05) is 19.9 Å². The van der Waals surface area contributed by atoms with Gasteiger partial charge >= 0.3 is 5.63 Å². The zero-order chi connectivity index (χ0) is 20.8. The van der Waals surface area contributed by atoms with Crippen molar-refractivity contribution >= 4 is 32.4 Å². The van der Waals surface area contributed by atoms with Crippen molar-refractivity contribution in [3.8, 4) is 0 Å². The Morgan fingerprint density at radius 2 is 1.76 bits per heavy atom. The first-order chi connectivity index (χ1) is 13.7. The molecule has 0 N–H and O–H groups in total. The first kappa shape index (κ1) is 19.1. The molecule has 1 aliphatic heterocycles. The molecule has 0 fully saturated rings. The quantitative estimate of drug-likeness (QED) is 0.619. The van der Waals surface area contributed by atoms with Crippen LogP contribution in [0, 0.1) is 13.8 Å². The molecule has 29 heavy (non-hydrogen) atoms. The molecule has 2 aromatic carbocycles. The lowest BCUT2D eigenvalue weighted by Gasteiger charge is -2.28. The zero-order valence-corrected chi connectivity index (χ0v) is 16.8. The van der Waals surface area contributed by atoms with E-state index >= 15 is 0 Å². The van der Waals surface area contributed by atoms with E-state index in [1.165, 1.54) is 17.0 Å². The minimum Gasteiger partial charge on any atom is -0.422 e. The number of benzene rings is 2. The highest BCUT2D eigenvalue weighted by Crippen LogP contribution is 2.27. The standard InChI is InChI=1S/C22H19NO5S/c1-14-9-15(2)11-18(10-14)23(17-7-8-29(26,27)13-17)21(24)19-12-16-5-3-4-6-20(16)28-22(19)25/h3-12,17H,13H2,1-2H3/t17-/m0/s1. The summed E-state index contributed by atoms with van der Waals surface area (Å²) >= 11 is 0. The highest BCUT2D eigenvalue weighted by Gasteiger charge is 2.33. The van der Waals surface area contributed by atoms with Gasteiger partial charge in [0.25, 0.3) is 5.91 Å². The monoisotopic (exact) mass is 409 g/mol. The predicted molar refractivity (Wildman–Crippen MR) is 112 cm³/mol. The van der Waals surface area contributed by atoms with Crippen LogP contribution < -0.4 is 10.5 Å². The first-order valence-electron chi connectivity index (χ1n) is 9.09. The summed E-state index contributed by atoms with van der Waals surface area (Å²) in [6, 6.07) is 13.3. The fraction of sp³-hybridized carbons (Fsp3) is 0.182. The van der Waals surface area contributed by atoms with Crippen LogP contribution >= 0.6 is 0 Å². The second kappa shape index (κ2) is 7.00. The van der Waals surface area contributed by atoms with Gasteiger partial charge in [-0.15, -0.1) is 0 Å². The summed E-state index contributed by atoms with van der Waals surface area (Å²) in [5.41, 5.74) is 1.87. The van der Waals surface area contributed by atoms with Gasteiger partial charge in [-0.2, -0.15) is 0 Å². The van der Waals surface area contributed by atoms with E-state index in [-0.39, 0.29) is 11.3 Å². The van der Waals surface area contributed by atoms with Crippen LogP contribution in [-0.2, 0) is 9.84 Å². The van der Waals surface area contributed by atoms with Crippen molar-refractivity contribution in [1.29, 1.82) is 0 Å². The molecule has 0 aliphatic carbocycles.